The van der Waals surface area contributed by atoms with E-state index in [9.17, 15) is 10.1 Å². The van der Waals surface area contributed by atoms with Crippen LogP contribution in [0.5, 0.6) is 0 Å². The Hall–Kier alpha value is -1.89. The van der Waals surface area contributed by atoms with Gasteiger partial charge in [0.15, 0.2) is 0 Å². The quantitative estimate of drug-likeness (QED) is 0.418. The third-order valence-electron chi connectivity index (χ3n) is 3.42. The van der Waals surface area contributed by atoms with Crippen LogP contribution in [-0.4, -0.2) is 16.5 Å². The Labute approximate surface area is 105 Å². The summed E-state index contributed by atoms with van der Waals surface area (Å²) in [4.78, 5) is 14.4. The van der Waals surface area contributed by atoms with Crippen LogP contribution in [0.25, 0.3) is 0 Å². The summed E-state index contributed by atoms with van der Waals surface area (Å²) < 4.78 is 0. The minimum atomic E-state index is -0.464. The third-order valence-corrected chi connectivity index (χ3v) is 3.42. The van der Waals surface area contributed by atoms with Crippen molar-refractivity contribution in [1.82, 2.24) is 4.98 Å². The van der Waals surface area contributed by atoms with Gasteiger partial charge in [0.1, 0.15) is 11.6 Å². The van der Waals surface area contributed by atoms with Crippen LogP contribution in [0.3, 0.4) is 0 Å². The van der Waals surface area contributed by atoms with Crippen molar-refractivity contribution in [3.8, 4) is 0 Å². The van der Waals surface area contributed by atoms with Crippen LogP contribution in [0.2, 0.25) is 0 Å². The third kappa shape index (κ3) is 2.67. The molecule has 1 aromatic rings. The molecule has 1 aliphatic carbocycles. The molecule has 1 aliphatic rings. The van der Waals surface area contributed by atoms with Gasteiger partial charge in [-0.15, -0.1) is 0 Å². The maximum absolute atomic E-state index is 10.8. The van der Waals surface area contributed by atoms with Crippen LogP contribution in [0.1, 0.15) is 20.3 Å². The number of hydrogen-bond acceptors (Lipinski definition) is 6. The first-order chi connectivity index (χ1) is 8.42. The first-order valence-corrected chi connectivity index (χ1v) is 5.79. The highest BCUT2D eigenvalue weighted by Crippen LogP contribution is 2.51. The van der Waals surface area contributed by atoms with E-state index in [1.807, 2.05) is 0 Å². The van der Waals surface area contributed by atoms with Crippen molar-refractivity contribution < 1.29 is 4.92 Å². The van der Waals surface area contributed by atoms with Crippen molar-refractivity contribution in [3.05, 3.63) is 22.2 Å². The predicted octanol–water partition coefficient (Wildman–Crippen LogP) is 1.73. The highest BCUT2D eigenvalue weighted by atomic mass is 16.6. The number of aromatic nitrogens is 1. The van der Waals surface area contributed by atoms with Crippen molar-refractivity contribution in [2.45, 2.75) is 20.3 Å². The number of pyridine rings is 1. The molecule has 0 aliphatic heterocycles. The Morgan fingerprint density at radius 3 is 2.67 bits per heavy atom. The summed E-state index contributed by atoms with van der Waals surface area (Å²) in [6.45, 7) is 5.17. The van der Waals surface area contributed by atoms with E-state index in [0.717, 1.165) is 13.0 Å². The van der Waals surface area contributed by atoms with Crippen LogP contribution in [0.15, 0.2) is 12.1 Å². The van der Waals surface area contributed by atoms with Gasteiger partial charge >= 0.3 is 0 Å². The Morgan fingerprint density at radius 2 is 2.17 bits per heavy atom. The average Bonchev–Trinajstić information content (AvgIpc) is 2.94. The monoisotopic (exact) mass is 251 g/mol. The minimum absolute atomic E-state index is 0.0319. The van der Waals surface area contributed by atoms with Crippen molar-refractivity contribution in [3.63, 3.8) is 0 Å². The molecule has 7 nitrogen and oxygen atoms in total. The Bertz CT molecular complexity index is 475. The summed E-state index contributed by atoms with van der Waals surface area (Å²) in [6.07, 6.45) is 1.16. The van der Waals surface area contributed by atoms with Gasteiger partial charge in [-0.1, -0.05) is 13.8 Å². The molecule has 0 amide bonds. The van der Waals surface area contributed by atoms with Gasteiger partial charge in [0.05, 0.1) is 17.1 Å². The predicted molar refractivity (Wildman–Crippen MR) is 69.1 cm³/mol. The second-order valence-corrected chi connectivity index (χ2v) is 5.27. The van der Waals surface area contributed by atoms with Crippen molar-refractivity contribution in [2.75, 3.05) is 17.3 Å². The molecule has 0 aromatic carbocycles. The molecule has 98 valence electrons. The summed E-state index contributed by atoms with van der Waals surface area (Å²) in [5.41, 5.74) is 2.66. The van der Waals surface area contributed by atoms with Gasteiger partial charge in [0, 0.05) is 6.54 Å². The zero-order valence-corrected chi connectivity index (χ0v) is 10.4. The normalized spacial score (nSPS) is 20.3. The fourth-order valence-corrected chi connectivity index (χ4v) is 1.94. The van der Waals surface area contributed by atoms with Gasteiger partial charge in [-0.05, 0) is 17.8 Å². The number of rotatable bonds is 5. The molecule has 1 heterocycles. The molecule has 1 aromatic heterocycles. The van der Waals surface area contributed by atoms with Crippen LogP contribution in [0.4, 0.5) is 17.3 Å². The zero-order valence-electron chi connectivity index (χ0n) is 10.4. The first-order valence-electron chi connectivity index (χ1n) is 5.79. The lowest BCUT2D eigenvalue weighted by atomic mass is 10.1. The number of nitrogen functional groups attached to an aromatic ring is 1. The first kappa shape index (κ1) is 12.6. The van der Waals surface area contributed by atoms with Crippen LogP contribution >= 0.6 is 0 Å². The Morgan fingerprint density at radius 1 is 1.56 bits per heavy atom. The lowest BCUT2D eigenvalue weighted by Crippen LogP contribution is -2.12. The molecule has 1 unspecified atom stereocenters. The van der Waals surface area contributed by atoms with Gasteiger partial charge in [0.2, 0.25) is 0 Å². The summed E-state index contributed by atoms with van der Waals surface area (Å²) in [7, 11) is 0. The van der Waals surface area contributed by atoms with Crippen molar-refractivity contribution >= 4 is 17.3 Å². The summed E-state index contributed by atoms with van der Waals surface area (Å²) in [5, 5.41) is 13.9. The smallest absolute Gasteiger partial charge is 0.276 e. The SMILES string of the molecule is CC1(C)CC1CNc1cc([N+](=O)[O-])cc(NN)n1. The highest BCUT2D eigenvalue weighted by Gasteiger charge is 2.45. The van der Waals surface area contributed by atoms with Gasteiger partial charge in [-0.2, -0.15) is 0 Å². The van der Waals surface area contributed by atoms with Gasteiger partial charge in [-0.3, -0.25) is 10.1 Å². The van der Waals surface area contributed by atoms with Crippen LogP contribution < -0.4 is 16.6 Å². The molecule has 1 atom stereocenters. The van der Waals surface area contributed by atoms with Crippen molar-refractivity contribution in [1.29, 1.82) is 0 Å². The molecule has 2 rings (SSSR count). The fraction of sp³-hybridized carbons (Fsp3) is 0.545. The lowest BCUT2D eigenvalue weighted by molar-refractivity contribution is -0.384. The summed E-state index contributed by atoms with van der Waals surface area (Å²) in [6, 6.07) is 2.71. The maximum Gasteiger partial charge on any atom is 0.276 e. The molecule has 0 spiro atoms. The molecular formula is C11H17N5O2. The van der Waals surface area contributed by atoms with Crippen LogP contribution in [0, 0.1) is 21.4 Å². The van der Waals surface area contributed by atoms with Gasteiger partial charge in [0.25, 0.3) is 5.69 Å². The molecule has 0 saturated heterocycles. The summed E-state index contributed by atoms with van der Waals surface area (Å²) in [5.74, 6) is 6.58. The van der Waals surface area contributed by atoms with E-state index in [1.54, 1.807) is 0 Å². The Kier molecular flexibility index (Phi) is 3.08. The number of nitro groups is 1. The highest BCUT2D eigenvalue weighted by molar-refractivity contribution is 5.54. The van der Waals surface area contributed by atoms with E-state index in [4.69, 9.17) is 5.84 Å². The minimum Gasteiger partial charge on any atom is -0.369 e. The van der Waals surface area contributed by atoms with E-state index >= 15 is 0 Å². The summed E-state index contributed by atoms with van der Waals surface area (Å²) >= 11 is 0. The zero-order chi connectivity index (χ0) is 13.3. The van der Waals surface area contributed by atoms with Gasteiger partial charge < -0.3 is 10.7 Å². The average molecular weight is 251 g/mol. The van der Waals surface area contributed by atoms with E-state index < -0.39 is 4.92 Å². The van der Waals surface area contributed by atoms with E-state index in [-0.39, 0.29) is 11.5 Å². The number of hydrazine groups is 1. The second-order valence-electron chi connectivity index (χ2n) is 5.27. The van der Waals surface area contributed by atoms with Gasteiger partial charge in [-0.25, -0.2) is 10.8 Å². The topological polar surface area (TPSA) is 106 Å². The second kappa shape index (κ2) is 4.41. The number of nitrogens with zero attached hydrogens (tertiary/aromatic N) is 2. The lowest BCUT2D eigenvalue weighted by Gasteiger charge is -2.08. The molecule has 18 heavy (non-hydrogen) atoms. The molecule has 7 heteroatoms. The van der Waals surface area contributed by atoms with Crippen LogP contribution in [-0.2, 0) is 0 Å². The molecule has 1 fully saturated rings. The molecule has 0 bridgehead atoms. The van der Waals surface area contributed by atoms with E-state index in [2.05, 4.69) is 29.6 Å². The largest absolute Gasteiger partial charge is 0.369 e. The Balaban J connectivity index is 2.07. The molecule has 0 radical (unpaired) electrons. The van der Waals surface area contributed by atoms with Crippen molar-refractivity contribution in [2.24, 2.45) is 17.2 Å². The van der Waals surface area contributed by atoms with E-state index in [1.165, 1.54) is 12.1 Å². The molecule has 1 saturated carbocycles. The number of hydrogen-bond donors (Lipinski definition) is 3. The molecule has 4 N–H and O–H groups in total. The molecular weight excluding hydrogens is 234 g/mol. The number of anilines is 2. The van der Waals surface area contributed by atoms with E-state index in [0.29, 0.717) is 17.2 Å². The fourth-order valence-electron chi connectivity index (χ4n) is 1.94. The number of nitrogens with two attached hydrogens (primary N) is 1. The maximum atomic E-state index is 10.8. The number of nitrogens with one attached hydrogen (secondary N) is 2. The standard InChI is InChI=1S/C11H17N5O2/c1-11(2)5-7(11)6-13-9-3-8(16(17)18)4-10(14-9)15-12/h3-4,7H,5-6,12H2,1-2H3,(H2,13,14,15).